The van der Waals surface area contributed by atoms with E-state index >= 15 is 0 Å². The van der Waals surface area contributed by atoms with Crippen molar-refractivity contribution in [3.63, 3.8) is 0 Å². The van der Waals surface area contributed by atoms with Crippen molar-refractivity contribution in [1.29, 1.82) is 0 Å². The summed E-state index contributed by atoms with van der Waals surface area (Å²) in [4.78, 5) is 69.2. The van der Waals surface area contributed by atoms with Crippen molar-refractivity contribution >= 4 is 63.4 Å². The molecule has 4 amide bonds. The van der Waals surface area contributed by atoms with E-state index in [1.807, 2.05) is 28.2 Å². The fourth-order valence-electron chi connectivity index (χ4n) is 8.05. The molecule has 4 aromatic heterocycles. The molecule has 8 heterocycles. The maximum absolute atomic E-state index is 13.7. The predicted octanol–water partition coefficient (Wildman–Crippen LogP) is 0.680. The van der Waals surface area contributed by atoms with Crippen molar-refractivity contribution in [3.05, 3.63) is 23.8 Å². The number of halogens is 1. The van der Waals surface area contributed by atoms with Crippen LogP contribution in [0.5, 0.6) is 0 Å². The molecule has 6 N–H and O–H groups in total. The van der Waals surface area contributed by atoms with E-state index in [2.05, 4.69) is 51.2 Å². The quantitative estimate of drug-likeness (QED) is 0.121. The summed E-state index contributed by atoms with van der Waals surface area (Å²) in [6, 6.07) is -0.111. The summed E-state index contributed by atoms with van der Waals surface area (Å²) in [5.41, 5.74) is 1.86. The highest BCUT2D eigenvalue weighted by Gasteiger charge is 2.48. The smallest absolute Gasteiger partial charge is 0.320 e. The fourth-order valence-corrected chi connectivity index (χ4v) is 8.22. The Kier molecular flexibility index (Phi) is 11.0. The van der Waals surface area contributed by atoms with E-state index in [-0.39, 0.29) is 41.2 Å². The van der Waals surface area contributed by atoms with Gasteiger partial charge in [-0.25, -0.2) is 24.7 Å². The summed E-state index contributed by atoms with van der Waals surface area (Å²) in [6.07, 6.45) is 0.218. The Labute approximate surface area is 331 Å². The maximum Gasteiger partial charge on any atom is 0.320 e. The number of nitrogens with one attached hydrogen (secondary N) is 4. The lowest BCUT2D eigenvalue weighted by Crippen LogP contribution is -2.48. The topological polar surface area (TPSA) is 252 Å². The lowest BCUT2D eigenvalue weighted by molar-refractivity contribution is -0.137. The first-order valence-corrected chi connectivity index (χ1v) is 19.8. The number of fused-ring (bicyclic) bond motifs is 2. The SMILES string of the molecule is CCNC(=O)[C@@H]1CC[C@H](n2cnc3c(N[C@@H]4CCN(C(=O)N5CCC(Nc6nc(Cl)nc7c6ncn7[C@@H]6O[C@H](C(=O)NCC)[C@@H](O)[C@H]6O)CC5)C4)nc(C)nc32)O1. The Morgan fingerprint density at radius 1 is 0.772 bits per heavy atom. The van der Waals surface area contributed by atoms with Gasteiger partial charge >= 0.3 is 6.03 Å². The van der Waals surface area contributed by atoms with Gasteiger partial charge in [0.2, 0.25) is 11.2 Å². The number of hydrogen-bond acceptors (Lipinski definition) is 15. The van der Waals surface area contributed by atoms with Crippen LogP contribution in [-0.2, 0) is 19.1 Å². The van der Waals surface area contributed by atoms with Crippen LogP contribution in [-0.4, -0.2) is 153 Å². The third-order valence-corrected chi connectivity index (χ3v) is 11.1. The number of rotatable bonds is 10. The van der Waals surface area contributed by atoms with Crippen LogP contribution in [0.25, 0.3) is 22.3 Å². The summed E-state index contributed by atoms with van der Waals surface area (Å²) in [6.45, 7) is 8.46. The molecule has 0 unspecified atom stereocenters. The molecule has 0 bridgehead atoms. The predicted molar refractivity (Wildman–Crippen MR) is 204 cm³/mol. The van der Waals surface area contributed by atoms with Gasteiger partial charge in [-0.1, -0.05) is 0 Å². The molecular formula is C35H47ClN14O7. The van der Waals surface area contributed by atoms with Crippen molar-refractivity contribution < 1.29 is 34.1 Å². The fraction of sp³-hybridized carbons (Fsp3) is 0.629. The zero-order chi connectivity index (χ0) is 40.0. The number of nitrogens with zero attached hydrogens (tertiary/aromatic N) is 10. The molecule has 306 valence electrons. The number of carbonyl (C=O) groups excluding carboxylic acids is 3. The summed E-state index contributed by atoms with van der Waals surface area (Å²) in [5.74, 6) is 0.893. The highest BCUT2D eigenvalue weighted by atomic mass is 35.5. The molecule has 57 heavy (non-hydrogen) atoms. The highest BCUT2D eigenvalue weighted by Crippen LogP contribution is 2.35. The zero-order valence-electron chi connectivity index (χ0n) is 31.8. The molecule has 0 aliphatic carbocycles. The first-order chi connectivity index (χ1) is 27.5. The number of aromatic nitrogens is 8. The van der Waals surface area contributed by atoms with Crippen LogP contribution in [0.3, 0.4) is 0 Å². The number of aliphatic hydroxyl groups is 2. The molecule has 4 saturated heterocycles. The van der Waals surface area contributed by atoms with Crippen molar-refractivity contribution in [2.45, 2.75) is 102 Å². The third-order valence-electron chi connectivity index (χ3n) is 10.9. The standard InChI is InChI=1S/C35H47ClN14O7/c1-4-37-31(53)20-6-7-21(56-20)49-15-39-22-27(41-17(3)42-29(22)49)44-19-10-13-48(14-19)35(55)47-11-8-18(9-12-47)43-28-23-30(46-34(36)45-28)50(16-40-23)33-25(52)24(51)26(57-33)32(54)38-5-2/h15-16,18-21,24-26,33,51-52H,4-14H2,1-3H3,(H,37,53)(H,38,54)(H,41,42,44)(H,43,45,46)/t19-,20+,21-,24+,25-,26+,33-/m1/s1. The van der Waals surface area contributed by atoms with Gasteiger partial charge in [0.1, 0.15) is 30.4 Å². The minimum Gasteiger partial charge on any atom is -0.387 e. The minimum absolute atomic E-state index is 0.0273. The van der Waals surface area contributed by atoms with Crippen LogP contribution in [0.15, 0.2) is 12.7 Å². The first kappa shape index (κ1) is 38.9. The van der Waals surface area contributed by atoms with E-state index in [0.717, 1.165) is 6.42 Å². The second kappa shape index (κ2) is 16.1. The number of piperidine rings is 1. The van der Waals surface area contributed by atoms with Gasteiger partial charge in [0.15, 0.2) is 46.3 Å². The normalized spacial score (nSPS) is 26.7. The van der Waals surface area contributed by atoms with Gasteiger partial charge in [0.05, 0.1) is 12.7 Å². The van der Waals surface area contributed by atoms with E-state index < -0.39 is 36.6 Å². The summed E-state index contributed by atoms with van der Waals surface area (Å²) >= 11 is 6.34. The number of aryl methyl sites for hydroxylation is 1. The van der Waals surface area contributed by atoms with Gasteiger partial charge in [0.25, 0.3) is 5.91 Å². The molecule has 4 aromatic rings. The van der Waals surface area contributed by atoms with Crippen LogP contribution in [0.4, 0.5) is 16.4 Å². The van der Waals surface area contributed by atoms with Crippen LogP contribution < -0.4 is 21.3 Å². The average molecular weight is 811 g/mol. The molecular weight excluding hydrogens is 764 g/mol. The summed E-state index contributed by atoms with van der Waals surface area (Å²) in [7, 11) is 0. The van der Waals surface area contributed by atoms with Crippen LogP contribution in [0.1, 0.15) is 64.2 Å². The Morgan fingerprint density at radius 2 is 1.40 bits per heavy atom. The second-order valence-corrected chi connectivity index (χ2v) is 15.1. The Morgan fingerprint density at radius 3 is 2.14 bits per heavy atom. The number of aliphatic hydroxyl groups excluding tert-OH is 2. The number of carbonyl (C=O) groups is 3. The molecule has 0 radical (unpaired) electrons. The zero-order valence-corrected chi connectivity index (χ0v) is 32.6. The van der Waals surface area contributed by atoms with Crippen LogP contribution in [0, 0.1) is 6.92 Å². The molecule has 8 rings (SSSR count). The molecule has 0 spiro atoms. The number of likely N-dealkylation sites (tertiary alicyclic amines) is 2. The van der Waals surface area contributed by atoms with E-state index in [1.54, 1.807) is 13.3 Å². The van der Waals surface area contributed by atoms with Gasteiger partial charge < -0.3 is 50.8 Å². The summed E-state index contributed by atoms with van der Waals surface area (Å²) < 4.78 is 15.1. The number of anilines is 2. The Bertz CT molecular complexity index is 2140. The van der Waals surface area contributed by atoms with Crippen LogP contribution in [0.2, 0.25) is 5.28 Å². The lowest BCUT2D eigenvalue weighted by Gasteiger charge is -2.35. The van der Waals surface area contributed by atoms with Crippen LogP contribution >= 0.6 is 11.6 Å². The Balaban J connectivity index is 0.866. The summed E-state index contributed by atoms with van der Waals surface area (Å²) in [5, 5.41) is 33.6. The van der Waals surface area contributed by atoms with Crippen molar-refractivity contribution in [2.24, 2.45) is 0 Å². The molecule has 4 aliphatic heterocycles. The number of likely N-dealkylation sites (N-methyl/N-ethyl adjacent to an activating group) is 2. The number of hydrogen-bond donors (Lipinski definition) is 6. The lowest BCUT2D eigenvalue weighted by atomic mass is 10.1. The minimum atomic E-state index is -1.46. The highest BCUT2D eigenvalue weighted by molar-refractivity contribution is 6.28. The van der Waals surface area contributed by atoms with Gasteiger partial charge in [0, 0.05) is 51.4 Å². The van der Waals surface area contributed by atoms with E-state index in [4.69, 9.17) is 21.1 Å². The monoisotopic (exact) mass is 810 g/mol. The largest absolute Gasteiger partial charge is 0.387 e. The molecule has 7 atom stereocenters. The molecule has 22 heteroatoms. The first-order valence-electron chi connectivity index (χ1n) is 19.4. The average Bonchev–Trinajstić information content (AvgIpc) is 4.04. The molecule has 4 fully saturated rings. The van der Waals surface area contributed by atoms with Gasteiger partial charge in [-0.3, -0.25) is 18.7 Å². The second-order valence-electron chi connectivity index (χ2n) is 14.7. The number of urea groups is 1. The molecule has 4 aliphatic rings. The molecule has 21 nitrogen and oxygen atoms in total. The van der Waals surface area contributed by atoms with E-state index in [0.29, 0.717) is 99.1 Å². The van der Waals surface area contributed by atoms with Crippen molar-refractivity contribution in [3.8, 4) is 0 Å². The van der Waals surface area contributed by atoms with E-state index in [9.17, 15) is 24.6 Å². The number of ether oxygens (including phenoxy) is 2. The number of imidazole rings is 2. The van der Waals surface area contributed by atoms with E-state index in [1.165, 1.54) is 10.9 Å². The molecule has 0 aromatic carbocycles. The van der Waals surface area contributed by atoms with Gasteiger partial charge in [-0.05, 0) is 64.5 Å². The molecule has 0 saturated carbocycles. The van der Waals surface area contributed by atoms with Crippen molar-refractivity contribution in [2.75, 3.05) is 49.9 Å². The third kappa shape index (κ3) is 7.61. The Hall–Kier alpha value is -4.96. The van der Waals surface area contributed by atoms with Crippen molar-refractivity contribution in [1.82, 2.24) is 59.5 Å². The van der Waals surface area contributed by atoms with Gasteiger partial charge in [-0.2, -0.15) is 9.97 Å². The number of amides is 4. The van der Waals surface area contributed by atoms with Gasteiger partial charge in [-0.15, -0.1) is 0 Å². The maximum atomic E-state index is 13.7.